The second kappa shape index (κ2) is 5.78. The van der Waals surface area contributed by atoms with E-state index in [1.807, 2.05) is 12.1 Å². The van der Waals surface area contributed by atoms with E-state index in [-0.39, 0.29) is 0 Å². The van der Waals surface area contributed by atoms with Gasteiger partial charge in [-0.25, -0.2) is 0 Å². The van der Waals surface area contributed by atoms with Crippen molar-refractivity contribution in [3.8, 4) is 11.5 Å². The minimum Gasteiger partial charge on any atom is -0.419 e. The van der Waals surface area contributed by atoms with Crippen LogP contribution < -0.4 is 0 Å². The number of fused-ring (bicyclic) bond motifs is 2. The number of nitrogens with zero attached hydrogens (tertiary/aromatic N) is 5. The van der Waals surface area contributed by atoms with Crippen molar-refractivity contribution in [3.63, 3.8) is 0 Å². The highest BCUT2D eigenvalue weighted by Gasteiger charge is 2.34. The molecule has 6 nitrogen and oxygen atoms in total. The maximum atomic E-state index is 5.80. The molecule has 2 atom stereocenters. The minimum absolute atomic E-state index is 0.552. The lowest BCUT2D eigenvalue weighted by Crippen LogP contribution is -2.36. The molecule has 2 aliphatic rings. The Morgan fingerprint density at radius 1 is 1.23 bits per heavy atom. The molecule has 2 saturated heterocycles. The Morgan fingerprint density at radius 3 is 3.00 bits per heavy atom. The van der Waals surface area contributed by atoms with E-state index in [9.17, 15) is 0 Å². The predicted octanol–water partition coefficient (Wildman–Crippen LogP) is 1.80. The quantitative estimate of drug-likeness (QED) is 0.861. The lowest BCUT2D eigenvalue weighted by Gasteiger charge is -2.24. The summed E-state index contributed by atoms with van der Waals surface area (Å²) in [4.78, 5) is 9.08. The number of likely N-dealkylation sites (tertiary alicyclic amines) is 1. The number of hydrogen-bond donors (Lipinski definition) is 0. The topological polar surface area (TPSA) is 58.3 Å². The average Bonchev–Trinajstić information content (AvgIpc) is 3.08. The monoisotopic (exact) mass is 299 g/mol. The second-order valence-corrected chi connectivity index (χ2v) is 6.32. The van der Waals surface area contributed by atoms with Crippen LogP contribution in [0, 0.1) is 0 Å². The van der Waals surface area contributed by atoms with Crippen molar-refractivity contribution in [3.05, 3.63) is 30.4 Å². The van der Waals surface area contributed by atoms with Crippen molar-refractivity contribution in [2.24, 2.45) is 0 Å². The van der Waals surface area contributed by atoms with Crippen LogP contribution in [0.5, 0.6) is 0 Å². The number of hydrogen-bond acceptors (Lipinski definition) is 6. The van der Waals surface area contributed by atoms with Crippen molar-refractivity contribution in [2.45, 2.75) is 37.9 Å². The highest BCUT2D eigenvalue weighted by molar-refractivity contribution is 5.49. The van der Waals surface area contributed by atoms with E-state index in [1.165, 1.54) is 19.3 Å². The van der Waals surface area contributed by atoms with Gasteiger partial charge in [0.1, 0.15) is 0 Å². The number of likely N-dealkylation sites (N-methyl/N-ethyl adjacent to an activating group) is 1. The Hall–Kier alpha value is -1.79. The fraction of sp³-hybridized carbons (Fsp3) is 0.562. The van der Waals surface area contributed by atoms with Crippen molar-refractivity contribution in [1.29, 1.82) is 0 Å². The van der Waals surface area contributed by atoms with Crippen LogP contribution in [0.3, 0.4) is 0 Å². The summed E-state index contributed by atoms with van der Waals surface area (Å²) in [6.07, 6.45) is 7.38. The van der Waals surface area contributed by atoms with Gasteiger partial charge >= 0.3 is 0 Å². The van der Waals surface area contributed by atoms with E-state index in [2.05, 4.69) is 32.0 Å². The molecule has 0 aliphatic carbocycles. The van der Waals surface area contributed by atoms with Gasteiger partial charge in [0.15, 0.2) is 0 Å². The molecule has 0 spiro atoms. The summed E-state index contributed by atoms with van der Waals surface area (Å²) in [5.74, 6) is 1.25. The zero-order valence-corrected chi connectivity index (χ0v) is 12.9. The zero-order chi connectivity index (χ0) is 14.9. The highest BCUT2D eigenvalue weighted by Crippen LogP contribution is 2.29. The molecular weight excluding hydrogens is 278 g/mol. The smallest absolute Gasteiger partial charge is 0.249 e. The van der Waals surface area contributed by atoms with Gasteiger partial charge in [-0.1, -0.05) is 0 Å². The van der Waals surface area contributed by atoms with Gasteiger partial charge in [0.2, 0.25) is 11.8 Å². The molecule has 2 aromatic heterocycles. The number of rotatable bonds is 3. The Morgan fingerprint density at radius 2 is 2.14 bits per heavy atom. The third-order valence-corrected chi connectivity index (χ3v) is 4.97. The van der Waals surface area contributed by atoms with E-state index in [0.717, 1.165) is 31.2 Å². The van der Waals surface area contributed by atoms with Gasteiger partial charge in [-0.3, -0.25) is 14.8 Å². The second-order valence-electron chi connectivity index (χ2n) is 6.32. The van der Waals surface area contributed by atoms with Crippen LogP contribution in [0.15, 0.2) is 28.9 Å². The molecule has 2 bridgehead atoms. The van der Waals surface area contributed by atoms with Crippen LogP contribution in [0.25, 0.3) is 11.5 Å². The lowest BCUT2D eigenvalue weighted by atomic mass is 10.1. The van der Waals surface area contributed by atoms with Gasteiger partial charge in [-0.2, -0.15) is 0 Å². The number of aromatic nitrogens is 3. The summed E-state index contributed by atoms with van der Waals surface area (Å²) in [5, 5.41) is 8.34. The molecule has 0 unspecified atom stereocenters. The molecule has 4 heterocycles. The summed E-state index contributed by atoms with van der Waals surface area (Å²) < 4.78 is 5.80. The normalized spacial score (nSPS) is 26.2. The predicted molar refractivity (Wildman–Crippen MR) is 82.0 cm³/mol. The number of pyridine rings is 1. The molecule has 2 aliphatic heterocycles. The summed E-state index contributed by atoms with van der Waals surface area (Å²) in [6.45, 7) is 2.94. The average molecular weight is 299 g/mol. The molecule has 2 aromatic rings. The van der Waals surface area contributed by atoms with Gasteiger partial charge in [0.05, 0.1) is 12.1 Å². The summed E-state index contributed by atoms with van der Waals surface area (Å²) in [6, 6.07) is 5.24. The van der Waals surface area contributed by atoms with Crippen LogP contribution in [-0.4, -0.2) is 57.2 Å². The van der Waals surface area contributed by atoms with Crippen LogP contribution in [0.1, 0.15) is 25.2 Å². The SMILES string of the molecule is CN1[C@@H]2CC[C@H]1CN(Cc1nnc(-c3cccnc3)o1)CC2. The first-order valence-corrected chi connectivity index (χ1v) is 7.96. The van der Waals surface area contributed by atoms with E-state index >= 15 is 0 Å². The third kappa shape index (κ3) is 2.64. The Kier molecular flexibility index (Phi) is 3.63. The van der Waals surface area contributed by atoms with Crippen LogP contribution in [0.4, 0.5) is 0 Å². The van der Waals surface area contributed by atoms with Crippen molar-refractivity contribution in [2.75, 3.05) is 20.1 Å². The summed E-state index contributed by atoms with van der Waals surface area (Å²) in [5.41, 5.74) is 0.871. The Balaban J connectivity index is 1.45. The summed E-state index contributed by atoms with van der Waals surface area (Å²) >= 11 is 0. The molecule has 0 saturated carbocycles. The molecule has 4 rings (SSSR count). The highest BCUT2D eigenvalue weighted by atomic mass is 16.4. The third-order valence-electron chi connectivity index (χ3n) is 4.97. The van der Waals surface area contributed by atoms with Crippen molar-refractivity contribution < 1.29 is 4.42 Å². The molecule has 22 heavy (non-hydrogen) atoms. The first-order valence-electron chi connectivity index (χ1n) is 7.96. The van der Waals surface area contributed by atoms with Crippen molar-refractivity contribution >= 4 is 0 Å². The molecule has 116 valence electrons. The Labute approximate surface area is 130 Å². The molecule has 6 heteroatoms. The zero-order valence-electron chi connectivity index (χ0n) is 12.9. The molecule has 0 radical (unpaired) electrons. The fourth-order valence-corrected chi connectivity index (χ4v) is 3.64. The lowest BCUT2D eigenvalue weighted by molar-refractivity contribution is 0.202. The van der Waals surface area contributed by atoms with E-state index in [0.29, 0.717) is 17.8 Å². The van der Waals surface area contributed by atoms with Gasteiger partial charge in [0, 0.05) is 37.6 Å². The van der Waals surface area contributed by atoms with Crippen LogP contribution in [-0.2, 0) is 6.54 Å². The van der Waals surface area contributed by atoms with Gasteiger partial charge in [-0.15, -0.1) is 10.2 Å². The van der Waals surface area contributed by atoms with E-state index < -0.39 is 0 Å². The fourth-order valence-electron chi connectivity index (χ4n) is 3.64. The van der Waals surface area contributed by atoms with Crippen molar-refractivity contribution in [1.82, 2.24) is 25.0 Å². The van der Waals surface area contributed by atoms with E-state index in [4.69, 9.17) is 4.42 Å². The molecular formula is C16H21N5O. The van der Waals surface area contributed by atoms with Crippen LogP contribution in [0.2, 0.25) is 0 Å². The van der Waals surface area contributed by atoms with E-state index in [1.54, 1.807) is 12.4 Å². The standard InChI is InChI=1S/C16H21N5O/c1-20-13-4-5-14(20)10-21(8-6-13)11-15-18-19-16(22-15)12-3-2-7-17-9-12/h2-3,7,9,13-14H,4-6,8,10-11H2,1H3/t13-,14+/m1/s1. The van der Waals surface area contributed by atoms with Crippen LogP contribution >= 0.6 is 0 Å². The maximum Gasteiger partial charge on any atom is 0.249 e. The minimum atomic E-state index is 0.552. The van der Waals surface area contributed by atoms with Gasteiger partial charge in [0.25, 0.3) is 0 Å². The molecule has 0 aromatic carbocycles. The molecule has 0 N–H and O–H groups in total. The largest absolute Gasteiger partial charge is 0.419 e. The van der Waals surface area contributed by atoms with Gasteiger partial charge in [-0.05, 0) is 38.4 Å². The first kappa shape index (κ1) is 13.8. The van der Waals surface area contributed by atoms with Gasteiger partial charge < -0.3 is 4.42 Å². The molecule has 0 amide bonds. The Bertz CT molecular complexity index is 628. The molecule has 2 fully saturated rings. The maximum absolute atomic E-state index is 5.80. The summed E-state index contributed by atoms with van der Waals surface area (Å²) in [7, 11) is 2.26. The first-order chi connectivity index (χ1) is 10.8.